The van der Waals surface area contributed by atoms with Crippen molar-refractivity contribution in [3.8, 4) is 11.1 Å². The average Bonchev–Trinajstić information content (AvgIpc) is 2.77. The summed E-state index contributed by atoms with van der Waals surface area (Å²) in [6, 6.07) is 14.4. The van der Waals surface area contributed by atoms with Crippen LogP contribution in [0.15, 0.2) is 48.5 Å². The zero-order valence-electron chi connectivity index (χ0n) is 20.3. The molecule has 0 unspecified atom stereocenters. The number of aromatic carboxylic acids is 1. The zero-order chi connectivity index (χ0) is 24.1. The molecule has 3 rings (SSSR count). The van der Waals surface area contributed by atoms with Gasteiger partial charge < -0.3 is 15.6 Å². The predicted molar refractivity (Wildman–Crippen MR) is 143 cm³/mol. The summed E-state index contributed by atoms with van der Waals surface area (Å²) in [5.41, 5.74) is 12.1. The number of ether oxygens (including phenoxy) is 1. The van der Waals surface area contributed by atoms with Crippen LogP contribution in [0.1, 0.15) is 62.6 Å². The molecule has 0 atom stereocenters. The minimum atomic E-state index is -1.07. The van der Waals surface area contributed by atoms with Crippen molar-refractivity contribution in [2.45, 2.75) is 47.3 Å². The third-order valence-electron chi connectivity index (χ3n) is 5.52. The van der Waals surface area contributed by atoms with Gasteiger partial charge in [0.1, 0.15) is 6.61 Å². The van der Waals surface area contributed by atoms with Crippen molar-refractivity contribution < 1.29 is 19.4 Å². The molecule has 35 heavy (non-hydrogen) atoms. The number of benzene rings is 2. The lowest BCUT2D eigenvalue weighted by molar-refractivity contribution is 0.0465. The number of pyridine rings is 1. The summed E-state index contributed by atoms with van der Waals surface area (Å²) in [5.74, 6) is -1.25. The Labute approximate surface area is 218 Å². The highest BCUT2D eigenvalue weighted by Gasteiger charge is 2.25. The Morgan fingerprint density at radius 1 is 1.03 bits per heavy atom. The van der Waals surface area contributed by atoms with E-state index in [1.165, 1.54) is 6.07 Å². The minimum Gasteiger partial charge on any atom is -0.478 e. The van der Waals surface area contributed by atoms with Crippen LogP contribution in [-0.2, 0) is 24.3 Å². The van der Waals surface area contributed by atoms with Gasteiger partial charge in [-0.05, 0) is 43.4 Å². The van der Waals surface area contributed by atoms with E-state index in [0.717, 1.165) is 34.4 Å². The molecule has 0 aliphatic heterocycles. The first kappa shape index (κ1) is 30.1. The first-order chi connectivity index (χ1) is 15.7. The van der Waals surface area contributed by atoms with Gasteiger partial charge in [-0.3, -0.25) is 4.98 Å². The fourth-order valence-corrected chi connectivity index (χ4v) is 3.94. The first-order valence-electron chi connectivity index (χ1n) is 11.0. The third kappa shape index (κ3) is 7.04. The molecular weight excluding hydrogens is 487 g/mol. The number of esters is 1. The summed E-state index contributed by atoms with van der Waals surface area (Å²) in [5, 5.41) is 9.41. The number of hydrogen-bond acceptors (Lipinski definition) is 5. The van der Waals surface area contributed by atoms with Gasteiger partial charge in [-0.2, -0.15) is 0 Å². The van der Waals surface area contributed by atoms with Crippen LogP contribution in [0.4, 0.5) is 0 Å². The van der Waals surface area contributed by atoms with Crippen molar-refractivity contribution in [3.05, 3.63) is 87.7 Å². The van der Waals surface area contributed by atoms with Crippen LogP contribution < -0.4 is 5.73 Å². The predicted octanol–water partition coefficient (Wildman–Crippen LogP) is 5.92. The Kier molecular flexibility index (Phi) is 11.4. The topological polar surface area (TPSA) is 103 Å². The fourth-order valence-electron chi connectivity index (χ4n) is 3.94. The lowest BCUT2D eigenvalue weighted by Gasteiger charge is -2.20. The largest absolute Gasteiger partial charge is 0.478 e. The van der Waals surface area contributed by atoms with E-state index in [-0.39, 0.29) is 43.5 Å². The standard InChI is InChI=1S/C27H30N2O4.2ClH/c1-16(2)13-23-22(14-28)25(19-11-9-17(3)10-12-19)24(18(4)29-23)27(32)33-15-20-7-5-6-8-21(20)26(30)31;;/h5-12,16H,13-15,28H2,1-4H3,(H,30,31);2*1H. The maximum atomic E-state index is 13.3. The number of carboxylic acids is 1. The molecule has 0 aliphatic carbocycles. The number of rotatable bonds is 8. The molecule has 3 aromatic rings. The molecule has 6 nitrogen and oxygen atoms in total. The Morgan fingerprint density at radius 3 is 2.23 bits per heavy atom. The van der Waals surface area contributed by atoms with Crippen LogP contribution in [0.2, 0.25) is 0 Å². The molecule has 188 valence electrons. The number of nitrogens with zero attached hydrogens (tertiary/aromatic N) is 1. The van der Waals surface area contributed by atoms with Crippen molar-refractivity contribution in [1.82, 2.24) is 4.98 Å². The zero-order valence-corrected chi connectivity index (χ0v) is 22.0. The molecule has 2 aromatic carbocycles. The lowest BCUT2D eigenvalue weighted by Crippen LogP contribution is -2.17. The number of carbonyl (C=O) groups is 2. The summed E-state index contributed by atoms with van der Waals surface area (Å²) in [6.07, 6.45) is 0.744. The molecular formula is C27H32Cl2N2O4. The number of nitrogens with two attached hydrogens (primary N) is 1. The van der Waals surface area contributed by atoms with Gasteiger partial charge in [-0.25, -0.2) is 9.59 Å². The van der Waals surface area contributed by atoms with Gasteiger partial charge in [-0.1, -0.05) is 61.9 Å². The second kappa shape index (κ2) is 13.2. The molecule has 0 saturated carbocycles. The highest BCUT2D eigenvalue weighted by Crippen LogP contribution is 2.33. The van der Waals surface area contributed by atoms with E-state index >= 15 is 0 Å². The van der Waals surface area contributed by atoms with Crippen molar-refractivity contribution in [1.29, 1.82) is 0 Å². The van der Waals surface area contributed by atoms with E-state index in [9.17, 15) is 14.7 Å². The Bertz CT molecular complexity index is 1180. The van der Waals surface area contributed by atoms with Gasteiger partial charge in [0.2, 0.25) is 0 Å². The Morgan fingerprint density at radius 2 is 1.66 bits per heavy atom. The molecule has 0 aliphatic rings. The van der Waals surface area contributed by atoms with Gasteiger partial charge in [0.05, 0.1) is 16.8 Å². The van der Waals surface area contributed by atoms with E-state index in [2.05, 4.69) is 13.8 Å². The molecule has 1 heterocycles. The summed E-state index contributed by atoms with van der Waals surface area (Å²) in [6.45, 7) is 8.12. The molecule has 3 N–H and O–H groups in total. The Hall–Kier alpha value is -2.93. The van der Waals surface area contributed by atoms with E-state index in [0.29, 0.717) is 22.7 Å². The molecule has 0 bridgehead atoms. The van der Waals surface area contributed by atoms with Crippen LogP contribution in [0.3, 0.4) is 0 Å². The van der Waals surface area contributed by atoms with Crippen molar-refractivity contribution in [2.75, 3.05) is 0 Å². The molecule has 0 amide bonds. The summed E-state index contributed by atoms with van der Waals surface area (Å²) in [4.78, 5) is 29.6. The molecule has 8 heteroatoms. The van der Waals surface area contributed by atoms with Crippen molar-refractivity contribution in [2.24, 2.45) is 11.7 Å². The lowest BCUT2D eigenvalue weighted by atomic mass is 9.90. The van der Waals surface area contributed by atoms with Gasteiger partial charge in [0.25, 0.3) is 0 Å². The van der Waals surface area contributed by atoms with Gasteiger partial charge in [0.15, 0.2) is 0 Å². The van der Waals surface area contributed by atoms with E-state index in [4.69, 9.17) is 15.5 Å². The Balaban J connectivity index is 0.00000306. The summed E-state index contributed by atoms with van der Waals surface area (Å²) < 4.78 is 5.61. The monoisotopic (exact) mass is 518 g/mol. The smallest absolute Gasteiger partial charge is 0.340 e. The van der Waals surface area contributed by atoms with Crippen LogP contribution in [-0.4, -0.2) is 22.0 Å². The van der Waals surface area contributed by atoms with E-state index in [1.54, 1.807) is 25.1 Å². The maximum absolute atomic E-state index is 13.3. The number of aromatic nitrogens is 1. The van der Waals surface area contributed by atoms with Crippen LogP contribution >= 0.6 is 24.8 Å². The maximum Gasteiger partial charge on any atom is 0.340 e. The van der Waals surface area contributed by atoms with Gasteiger partial charge >= 0.3 is 11.9 Å². The average molecular weight is 519 g/mol. The summed E-state index contributed by atoms with van der Waals surface area (Å²) in [7, 11) is 0. The van der Waals surface area contributed by atoms with Crippen molar-refractivity contribution >= 4 is 36.8 Å². The fraction of sp³-hybridized carbons (Fsp3) is 0.296. The quantitative estimate of drug-likeness (QED) is 0.358. The van der Waals surface area contributed by atoms with Crippen LogP contribution in [0.25, 0.3) is 11.1 Å². The summed E-state index contributed by atoms with van der Waals surface area (Å²) >= 11 is 0. The van der Waals surface area contributed by atoms with Crippen molar-refractivity contribution in [3.63, 3.8) is 0 Å². The molecule has 0 spiro atoms. The minimum absolute atomic E-state index is 0. The molecule has 0 radical (unpaired) electrons. The second-order valence-corrected chi connectivity index (χ2v) is 8.58. The molecule has 0 saturated heterocycles. The number of hydrogen-bond donors (Lipinski definition) is 2. The van der Waals surface area contributed by atoms with Gasteiger partial charge in [-0.15, -0.1) is 24.8 Å². The number of carboxylic acid groups (broad SMARTS) is 1. The highest BCUT2D eigenvalue weighted by molar-refractivity contribution is 5.99. The SMILES string of the molecule is Cc1ccc(-c2c(CN)c(CC(C)C)nc(C)c2C(=O)OCc2ccccc2C(=O)O)cc1.Cl.Cl. The number of halogens is 2. The van der Waals surface area contributed by atoms with E-state index in [1.807, 2.05) is 31.2 Å². The normalized spacial score (nSPS) is 10.3. The third-order valence-corrected chi connectivity index (χ3v) is 5.52. The highest BCUT2D eigenvalue weighted by atomic mass is 35.5. The molecule has 0 fully saturated rings. The van der Waals surface area contributed by atoms with Gasteiger partial charge in [0, 0.05) is 23.4 Å². The number of aryl methyl sites for hydroxylation is 2. The van der Waals surface area contributed by atoms with E-state index < -0.39 is 11.9 Å². The first-order valence-corrected chi connectivity index (χ1v) is 11.0. The second-order valence-electron chi connectivity index (χ2n) is 8.58. The van der Waals surface area contributed by atoms with Crippen LogP contribution in [0.5, 0.6) is 0 Å². The van der Waals surface area contributed by atoms with Crippen LogP contribution in [0, 0.1) is 19.8 Å². The molecule has 1 aromatic heterocycles. The number of carbonyl (C=O) groups excluding carboxylic acids is 1.